The molecule has 0 amide bonds. The van der Waals surface area contributed by atoms with Crippen LogP contribution in [-0.4, -0.2) is 25.8 Å². The molecule has 1 N–H and O–H groups in total. The summed E-state index contributed by atoms with van der Waals surface area (Å²) in [5.74, 6) is 0.0293. The Balaban J connectivity index is 1.87. The summed E-state index contributed by atoms with van der Waals surface area (Å²) in [6.07, 6.45) is 1.48. The van der Waals surface area contributed by atoms with E-state index in [0.29, 0.717) is 34.6 Å². The summed E-state index contributed by atoms with van der Waals surface area (Å²) in [5, 5.41) is 14.3. The van der Waals surface area contributed by atoms with Crippen molar-refractivity contribution in [2.45, 2.75) is 13.5 Å². The van der Waals surface area contributed by atoms with Crippen LogP contribution in [0.5, 0.6) is 0 Å². The minimum atomic E-state index is -1.07. The predicted octanol–water partition coefficient (Wildman–Crippen LogP) is 3.89. The van der Waals surface area contributed by atoms with Crippen LogP contribution in [0, 0.1) is 12.7 Å². The van der Waals surface area contributed by atoms with E-state index in [1.54, 1.807) is 16.8 Å². The number of nitrogens with zero attached hydrogens (tertiary/aromatic N) is 3. The Hall–Kier alpha value is -3.48. The summed E-state index contributed by atoms with van der Waals surface area (Å²) in [4.78, 5) is 16.2. The molecule has 3 aromatic heterocycles. The predicted molar refractivity (Wildman–Crippen MR) is 92.4 cm³/mol. The zero-order valence-electron chi connectivity index (χ0n) is 13.8. The third kappa shape index (κ3) is 2.83. The fraction of sp³-hybridized carbons (Fsp3) is 0.105. The summed E-state index contributed by atoms with van der Waals surface area (Å²) in [6, 6.07) is 10.9. The van der Waals surface area contributed by atoms with E-state index >= 15 is 0 Å². The lowest BCUT2D eigenvalue weighted by Crippen LogP contribution is -2.04. The van der Waals surface area contributed by atoms with Crippen LogP contribution in [0.1, 0.15) is 21.9 Å². The molecule has 7 heteroatoms. The molecule has 26 heavy (non-hydrogen) atoms. The SMILES string of the molecule is Cc1ccc(Cn2ncc3c(C(=O)O)cc(-c4ccc(F)cc4)nc32)o1. The number of hydrogen-bond acceptors (Lipinski definition) is 4. The Labute approximate surface area is 147 Å². The number of furan rings is 1. The summed E-state index contributed by atoms with van der Waals surface area (Å²) >= 11 is 0. The van der Waals surface area contributed by atoms with Gasteiger partial charge in [-0.1, -0.05) is 0 Å². The second kappa shape index (κ2) is 6.11. The molecular formula is C19H14FN3O3. The van der Waals surface area contributed by atoms with Gasteiger partial charge in [0.2, 0.25) is 0 Å². The molecule has 0 spiro atoms. The molecule has 0 aliphatic heterocycles. The first kappa shape index (κ1) is 16.0. The number of fused-ring (bicyclic) bond motifs is 1. The van der Waals surface area contributed by atoms with E-state index in [2.05, 4.69) is 10.1 Å². The molecule has 6 nitrogen and oxygen atoms in total. The van der Waals surface area contributed by atoms with Crippen LogP contribution in [0.2, 0.25) is 0 Å². The number of halogens is 1. The molecule has 0 unspecified atom stereocenters. The van der Waals surface area contributed by atoms with Crippen LogP contribution >= 0.6 is 0 Å². The highest BCUT2D eigenvalue weighted by molar-refractivity contribution is 6.02. The van der Waals surface area contributed by atoms with Crippen LogP contribution in [0.15, 0.2) is 53.1 Å². The van der Waals surface area contributed by atoms with Gasteiger partial charge >= 0.3 is 5.97 Å². The highest BCUT2D eigenvalue weighted by Gasteiger charge is 2.17. The van der Waals surface area contributed by atoms with E-state index < -0.39 is 5.97 Å². The van der Waals surface area contributed by atoms with Crippen molar-refractivity contribution in [3.63, 3.8) is 0 Å². The number of carbonyl (C=O) groups is 1. The maximum absolute atomic E-state index is 13.2. The second-order valence-corrected chi connectivity index (χ2v) is 5.92. The van der Waals surface area contributed by atoms with Gasteiger partial charge < -0.3 is 9.52 Å². The van der Waals surface area contributed by atoms with Crippen molar-refractivity contribution in [3.05, 3.63) is 71.6 Å². The van der Waals surface area contributed by atoms with Gasteiger partial charge in [-0.05, 0) is 49.4 Å². The molecule has 0 saturated heterocycles. The molecule has 0 fully saturated rings. The largest absolute Gasteiger partial charge is 0.478 e. The number of aryl methyl sites for hydroxylation is 1. The van der Waals surface area contributed by atoms with Gasteiger partial charge in [-0.25, -0.2) is 18.9 Å². The summed E-state index contributed by atoms with van der Waals surface area (Å²) in [7, 11) is 0. The van der Waals surface area contributed by atoms with Gasteiger partial charge in [0.25, 0.3) is 0 Å². The Morgan fingerprint density at radius 2 is 2.00 bits per heavy atom. The average molecular weight is 351 g/mol. The highest BCUT2D eigenvalue weighted by atomic mass is 19.1. The van der Waals surface area contributed by atoms with E-state index in [9.17, 15) is 14.3 Å². The smallest absolute Gasteiger partial charge is 0.336 e. The van der Waals surface area contributed by atoms with E-state index in [1.165, 1.54) is 24.4 Å². The highest BCUT2D eigenvalue weighted by Crippen LogP contribution is 2.25. The van der Waals surface area contributed by atoms with Gasteiger partial charge in [0, 0.05) is 5.56 Å². The van der Waals surface area contributed by atoms with Crippen LogP contribution in [0.25, 0.3) is 22.3 Å². The molecule has 0 atom stereocenters. The molecule has 0 aliphatic rings. The lowest BCUT2D eigenvalue weighted by molar-refractivity contribution is 0.0699. The van der Waals surface area contributed by atoms with Crippen molar-refractivity contribution in [1.82, 2.24) is 14.8 Å². The minimum Gasteiger partial charge on any atom is -0.478 e. The Kier molecular flexibility index (Phi) is 3.76. The summed E-state index contributed by atoms with van der Waals surface area (Å²) in [5.41, 5.74) is 1.58. The van der Waals surface area contributed by atoms with Gasteiger partial charge in [-0.2, -0.15) is 5.10 Å². The fourth-order valence-corrected chi connectivity index (χ4v) is 2.83. The van der Waals surface area contributed by atoms with Crippen LogP contribution in [-0.2, 0) is 6.54 Å². The zero-order valence-corrected chi connectivity index (χ0v) is 13.8. The van der Waals surface area contributed by atoms with Crippen molar-refractivity contribution in [2.75, 3.05) is 0 Å². The number of rotatable bonds is 4. The van der Waals surface area contributed by atoms with E-state index in [-0.39, 0.29) is 11.4 Å². The molecule has 0 bridgehead atoms. The molecule has 130 valence electrons. The summed E-state index contributed by atoms with van der Waals surface area (Å²) < 4.78 is 20.3. The Morgan fingerprint density at radius 3 is 2.65 bits per heavy atom. The van der Waals surface area contributed by atoms with Gasteiger partial charge in [0.05, 0.1) is 22.8 Å². The van der Waals surface area contributed by atoms with Crippen molar-refractivity contribution >= 4 is 17.0 Å². The van der Waals surface area contributed by atoms with E-state index in [1.807, 2.05) is 19.1 Å². The third-order valence-corrected chi connectivity index (χ3v) is 4.08. The van der Waals surface area contributed by atoms with Crippen LogP contribution in [0.3, 0.4) is 0 Å². The molecule has 4 aromatic rings. The first-order chi connectivity index (χ1) is 12.5. The Morgan fingerprint density at radius 1 is 1.23 bits per heavy atom. The number of aromatic carboxylic acids is 1. The average Bonchev–Trinajstić information content (AvgIpc) is 3.21. The normalized spacial score (nSPS) is 11.2. The van der Waals surface area contributed by atoms with Crippen LogP contribution < -0.4 is 0 Å². The maximum atomic E-state index is 13.2. The minimum absolute atomic E-state index is 0.0937. The quantitative estimate of drug-likeness (QED) is 0.603. The number of carboxylic acids is 1. The summed E-state index contributed by atoms with van der Waals surface area (Å²) in [6.45, 7) is 2.17. The molecule has 3 heterocycles. The zero-order chi connectivity index (χ0) is 18.3. The number of aromatic nitrogens is 3. The Bertz CT molecular complexity index is 1110. The fourth-order valence-electron chi connectivity index (χ4n) is 2.83. The molecular weight excluding hydrogens is 337 g/mol. The van der Waals surface area contributed by atoms with Crippen molar-refractivity contribution in [3.8, 4) is 11.3 Å². The third-order valence-electron chi connectivity index (χ3n) is 4.08. The van der Waals surface area contributed by atoms with Crippen molar-refractivity contribution < 1.29 is 18.7 Å². The van der Waals surface area contributed by atoms with Gasteiger partial charge in [0.15, 0.2) is 5.65 Å². The van der Waals surface area contributed by atoms with E-state index in [4.69, 9.17) is 4.42 Å². The lowest BCUT2D eigenvalue weighted by Gasteiger charge is -2.06. The molecule has 1 aromatic carbocycles. The first-order valence-electron chi connectivity index (χ1n) is 7.92. The maximum Gasteiger partial charge on any atom is 0.336 e. The number of pyridine rings is 1. The number of carboxylic acid groups (broad SMARTS) is 1. The standard InChI is InChI=1S/C19H14FN3O3/c1-11-2-7-14(26-11)10-23-18-16(9-21-23)15(19(24)25)8-17(22-18)12-3-5-13(20)6-4-12/h2-9H,10H2,1H3,(H,24,25). The molecule has 0 radical (unpaired) electrons. The van der Waals surface area contributed by atoms with Gasteiger partial charge in [-0.3, -0.25) is 0 Å². The first-order valence-corrected chi connectivity index (χ1v) is 7.92. The van der Waals surface area contributed by atoms with Crippen molar-refractivity contribution in [1.29, 1.82) is 0 Å². The van der Waals surface area contributed by atoms with Gasteiger partial charge in [-0.15, -0.1) is 0 Å². The molecule has 0 aliphatic carbocycles. The lowest BCUT2D eigenvalue weighted by atomic mass is 10.1. The molecule has 4 rings (SSSR count). The van der Waals surface area contributed by atoms with Gasteiger partial charge in [0.1, 0.15) is 23.9 Å². The topological polar surface area (TPSA) is 81.2 Å². The number of benzene rings is 1. The molecule has 0 saturated carbocycles. The van der Waals surface area contributed by atoms with Crippen LogP contribution in [0.4, 0.5) is 4.39 Å². The monoisotopic (exact) mass is 351 g/mol. The number of hydrogen-bond donors (Lipinski definition) is 1. The van der Waals surface area contributed by atoms with Crippen molar-refractivity contribution in [2.24, 2.45) is 0 Å². The van der Waals surface area contributed by atoms with E-state index in [0.717, 1.165) is 5.76 Å². The second-order valence-electron chi connectivity index (χ2n) is 5.92.